The maximum Gasteiger partial charge on any atom is 0.387 e. The molecule has 0 bridgehead atoms. The van der Waals surface area contributed by atoms with Gasteiger partial charge in [0.2, 0.25) is 0 Å². The standard InChI is InChI=1S/C18H18F2N2O3/c1-12(21-22-17(24)14-6-8-15(23)9-7-14)2-3-13-4-10-16(11-5-13)25-18(19)20/h4-11,18,23H,2-3H2,1H3,(H,22,24)/b21-12-. The Hall–Kier alpha value is -2.96. The zero-order valence-electron chi connectivity index (χ0n) is 13.6. The summed E-state index contributed by atoms with van der Waals surface area (Å²) in [6, 6.07) is 12.2. The molecule has 0 radical (unpaired) electrons. The van der Waals surface area contributed by atoms with Gasteiger partial charge in [-0.15, -0.1) is 0 Å². The lowest BCUT2D eigenvalue weighted by molar-refractivity contribution is -0.0498. The molecule has 2 aromatic rings. The van der Waals surface area contributed by atoms with Crippen molar-refractivity contribution in [3.63, 3.8) is 0 Å². The molecule has 2 aromatic carbocycles. The topological polar surface area (TPSA) is 70.9 Å². The number of benzene rings is 2. The summed E-state index contributed by atoms with van der Waals surface area (Å²) < 4.78 is 28.5. The molecule has 25 heavy (non-hydrogen) atoms. The third-order valence-corrected chi connectivity index (χ3v) is 3.40. The normalized spacial score (nSPS) is 11.4. The van der Waals surface area contributed by atoms with E-state index in [2.05, 4.69) is 15.3 Å². The highest BCUT2D eigenvalue weighted by Crippen LogP contribution is 2.16. The van der Waals surface area contributed by atoms with E-state index in [-0.39, 0.29) is 17.4 Å². The average molecular weight is 348 g/mol. The van der Waals surface area contributed by atoms with E-state index in [4.69, 9.17) is 0 Å². The van der Waals surface area contributed by atoms with Gasteiger partial charge in [-0.3, -0.25) is 4.79 Å². The number of aromatic hydroxyl groups is 1. The third kappa shape index (κ3) is 6.21. The van der Waals surface area contributed by atoms with E-state index in [1.165, 1.54) is 36.4 Å². The summed E-state index contributed by atoms with van der Waals surface area (Å²) >= 11 is 0. The second-order valence-electron chi connectivity index (χ2n) is 5.36. The molecule has 0 saturated carbocycles. The number of hydrogen-bond acceptors (Lipinski definition) is 4. The van der Waals surface area contributed by atoms with Gasteiger partial charge >= 0.3 is 6.61 Å². The first-order chi connectivity index (χ1) is 11.9. The van der Waals surface area contributed by atoms with E-state index in [0.29, 0.717) is 18.4 Å². The number of alkyl halides is 2. The molecule has 2 N–H and O–H groups in total. The van der Waals surface area contributed by atoms with Crippen LogP contribution in [0.15, 0.2) is 53.6 Å². The van der Waals surface area contributed by atoms with E-state index in [1.807, 2.05) is 0 Å². The van der Waals surface area contributed by atoms with Crippen LogP contribution in [0.4, 0.5) is 8.78 Å². The molecule has 5 nitrogen and oxygen atoms in total. The van der Waals surface area contributed by atoms with Gasteiger partial charge in [0.15, 0.2) is 0 Å². The van der Waals surface area contributed by atoms with Gasteiger partial charge in [0, 0.05) is 11.3 Å². The molecule has 0 unspecified atom stereocenters. The van der Waals surface area contributed by atoms with Crippen molar-refractivity contribution in [3.8, 4) is 11.5 Å². The molecule has 7 heteroatoms. The van der Waals surface area contributed by atoms with Gasteiger partial charge in [0.05, 0.1) is 0 Å². The number of aryl methyl sites for hydroxylation is 1. The fourth-order valence-electron chi connectivity index (χ4n) is 2.04. The smallest absolute Gasteiger partial charge is 0.387 e. The molecular formula is C18H18F2N2O3. The molecule has 2 rings (SSSR count). The number of nitrogens with one attached hydrogen (secondary N) is 1. The number of nitrogens with zero attached hydrogens (tertiary/aromatic N) is 1. The summed E-state index contributed by atoms with van der Waals surface area (Å²) in [6.45, 7) is -1.05. The Kier molecular flexibility index (Phi) is 6.45. The highest BCUT2D eigenvalue weighted by molar-refractivity contribution is 5.95. The predicted octanol–water partition coefficient (Wildman–Crippen LogP) is 3.73. The lowest BCUT2D eigenvalue weighted by Gasteiger charge is -2.06. The Morgan fingerprint density at radius 1 is 1.16 bits per heavy atom. The van der Waals surface area contributed by atoms with Crippen molar-refractivity contribution in [1.29, 1.82) is 0 Å². The molecule has 0 heterocycles. The minimum absolute atomic E-state index is 0.0844. The van der Waals surface area contributed by atoms with Gasteiger partial charge in [-0.25, -0.2) is 5.43 Å². The number of rotatable bonds is 7. The molecule has 0 aliphatic rings. The Balaban J connectivity index is 1.82. The number of carbonyl (C=O) groups excluding carboxylic acids is 1. The van der Waals surface area contributed by atoms with Crippen LogP contribution < -0.4 is 10.2 Å². The van der Waals surface area contributed by atoms with Crippen molar-refractivity contribution in [1.82, 2.24) is 5.43 Å². The first kappa shape index (κ1) is 18.4. The average Bonchev–Trinajstić information content (AvgIpc) is 2.59. The second-order valence-corrected chi connectivity index (χ2v) is 5.36. The largest absolute Gasteiger partial charge is 0.508 e. The van der Waals surface area contributed by atoms with Crippen LogP contribution in [-0.2, 0) is 6.42 Å². The fraction of sp³-hybridized carbons (Fsp3) is 0.222. The zero-order valence-corrected chi connectivity index (χ0v) is 13.6. The SMILES string of the molecule is C/C(CCc1ccc(OC(F)F)cc1)=N/NC(=O)c1ccc(O)cc1. The minimum atomic E-state index is -2.84. The van der Waals surface area contributed by atoms with Crippen molar-refractivity contribution in [3.05, 3.63) is 59.7 Å². The van der Waals surface area contributed by atoms with Crippen LogP contribution in [0.5, 0.6) is 11.5 Å². The van der Waals surface area contributed by atoms with Crippen molar-refractivity contribution in [2.24, 2.45) is 5.10 Å². The number of carbonyl (C=O) groups is 1. The van der Waals surface area contributed by atoms with Crippen LogP contribution in [0.2, 0.25) is 0 Å². The lowest BCUT2D eigenvalue weighted by atomic mass is 10.1. The van der Waals surface area contributed by atoms with Crippen molar-refractivity contribution >= 4 is 11.6 Å². The molecular weight excluding hydrogens is 330 g/mol. The molecule has 0 fully saturated rings. The van der Waals surface area contributed by atoms with Crippen LogP contribution in [-0.4, -0.2) is 23.3 Å². The quantitative estimate of drug-likeness (QED) is 0.592. The van der Waals surface area contributed by atoms with Crippen LogP contribution in [0.25, 0.3) is 0 Å². The molecule has 0 spiro atoms. The number of amides is 1. The van der Waals surface area contributed by atoms with Gasteiger partial charge in [-0.2, -0.15) is 13.9 Å². The first-order valence-corrected chi connectivity index (χ1v) is 7.60. The van der Waals surface area contributed by atoms with Crippen molar-refractivity contribution < 1.29 is 23.4 Å². The number of hydrazone groups is 1. The predicted molar refractivity (Wildman–Crippen MR) is 90.1 cm³/mol. The number of hydrogen-bond donors (Lipinski definition) is 2. The monoisotopic (exact) mass is 348 g/mol. The maximum absolute atomic E-state index is 12.1. The van der Waals surface area contributed by atoms with Crippen LogP contribution in [0.1, 0.15) is 29.3 Å². The van der Waals surface area contributed by atoms with Crippen LogP contribution in [0.3, 0.4) is 0 Å². The molecule has 0 aliphatic carbocycles. The zero-order chi connectivity index (χ0) is 18.2. The maximum atomic E-state index is 12.1. The van der Waals surface area contributed by atoms with E-state index in [9.17, 15) is 18.7 Å². The lowest BCUT2D eigenvalue weighted by Crippen LogP contribution is -2.19. The van der Waals surface area contributed by atoms with Gasteiger partial charge in [0.25, 0.3) is 5.91 Å². The Bertz CT molecular complexity index is 729. The Labute approximate surface area is 143 Å². The molecule has 0 saturated heterocycles. The van der Waals surface area contributed by atoms with Crippen molar-refractivity contribution in [2.45, 2.75) is 26.4 Å². The molecule has 0 aromatic heterocycles. The summed E-state index contributed by atoms with van der Waals surface area (Å²) in [5, 5.41) is 13.2. The number of ether oxygens (including phenoxy) is 1. The third-order valence-electron chi connectivity index (χ3n) is 3.40. The van der Waals surface area contributed by atoms with E-state index in [1.54, 1.807) is 19.1 Å². The summed E-state index contributed by atoms with van der Waals surface area (Å²) in [6.07, 6.45) is 1.25. The van der Waals surface area contributed by atoms with E-state index < -0.39 is 6.61 Å². The fourth-order valence-corrected chi connectivity index (χ4v) is 2.04. The highest BCUT2D eigenvalue weighted by atomic mass is 19.3. The van der Waals surface area contributed by atoms with Crippen LogP contribution in [0, 0.1) is 0 Å². The first-order valence-electron chi connectivity index (χ1n) is 7.60. The van der Waals surface area contributed by atoms with E-state index in [0.717, 1.165) is 11.3 Å². The Morgan fingerprint density at radius 2 is 1.80 bits per heavy atom. The highest BCUT2D eigenvalue weighted by Gasteiger charge is 2.05. The number of halogens is 2. The second kappa shape index (κ2) is 8.77. The van der Waals surface area contributed by atoms with E-state index >= 15 is 0 Å². The number of phenols is 1. The number of phenolic OH excluding ortho intramolecular Hbond substituents is 1. The van der Waals surface area contributed by atoms with Crippen molar-refractivity contribution in [2.75, 3.05) is 0 Å². The summed E-state index contributed by atoms with van der Waals surface area (Å²) in [5.41, 5.74) is 4.51. The molecule has 1 amide bonds. The van der Waals surface area contributed by atoms with Gasteiger partial charge in [-0.1, -0.05) is 12.1 Å². The van der Waals surface area contributed by atoms with Gasteiger partial charge < -0.3 is 9.84 Å². The molecule has 132 valence electrons. The summed E-state index contributed by atoms with van der Waals surface area (Å²) in [7, 11) is 0. The minimum Gasteiger partial charge on any atom is -0.508 e. The van der Waals surface area contributed by atoms with Crippen LogP contribution >= 0.6 is 0 Å². The summed E-state index contributed by atoms with van der Waals surface area (Å²) in [4.78, 5) is 11.9. The van der Waals surface area contributed by atoms with Gasteiger partial charge in [-0.05, 0) is 61.7 Å². The van der Waals surface area contributed by atoms with Gasteiger partial charge in [0.1, 0.15) is 11.5 Å². The molecule has 0 atom stereocenters. The Morgan fingerprint density at radius 3 is 2.40 bits per heavy atom. The molecule has 0 aliphatic heterocycles. The summed E-state index contributed by atoms with van der Waals surface area (Å²) in [5.74, 6) is -0.167.